The van der Waals surface area contributed by atoms with Gasteiger partial charge in [-0.3, -0.25) is 14.4 Å². The molecule has 1 N–H and O–H groups in total. The maximum atomic E-state index is 12.5. The lowest BCUT2D eigenvalue weighted by molar-refractivity contribution is -0.145. The SMILES string of the molecule is Cc1cccc(C(=O)NCC(=O)O[C@H](C)C(=O)c2ccc3c(c2)CCC3)c1. The van der Waals surface area contributed by atoms with E-state index in [2.05, 4.69) is 5.32 Å². The highest BCUT2D eigenvalue weighted by Crippen LogP contribution is 2.23. The topological polar surface area (TPSA) is 72.5 Å². The molecule has 0 aromatic heterocycles. The molecule has 1 aliphatic rings. The molecule has 1 atom stereocenters. The number of benzene rings is 2. The van der Waals surface area contributed by atoms with Gasteiger partial charge in [0, 0.05) is 11.1 Å². The number of carbonyl (C=O) groups excluding carboxylic acids is 3. The highest BCUT2D eigenvalue weighted by Gasteiger charge is 2.21. The summed E-state index contributed by atoms with van der Waals surface area (Å²) in [5, 5.41) is 2.52. The zero-order valence-electron chi connectivity index (χ0n) is 15.6. The average molecular weight is 365 g/mol. The fraction of sp³-hybridized carbons (Fsp3) is 0.318. The van der Waals surface area contributed by atoms with Gasteiger partial charge in [-0.25, -0.2) is 0 Å². The quantitative estimate of drug-likeness (QED) is 0.631. The first-order valence-electron chi connectivity index (χ1n) is 9.14. The molecule has 0 heterocycles. The smallest absolute Gasteiger partial charge is 0.326 e. The average Bonchev–Trinajstić information content (AvgIpc) is 3.13. The number of hydrogen-bond acceptors (Lipinski definition) is 4. The molecule has 1 aliphatic carbocycles. The number of nitrogens with one attached hydrogen (secondary N) is 1. The van der Waals surface area contributed by atoms with E-state index >= 15 is 0 Å². The van der Waals surface area contributed by atoms with Gasteiger partial charge in [0.25, 0.3) is 5.91 Å². The highest BCUT2D eigenvalue weighted by molar-refractivity contribution is 6.01. The molecular formula is C22H23NO4. The largest absolute Gasteiger partial charge is 0.453 e. The van der Waals surface area contributed by atoms with Crippen LogP contribution in [0.25, 0.3) is 0 Å². The van der Waals surface area contributed by atoms with Crippen LogP contribution < -0.4 is 5.32 Å². The summed E-state index contributed by atoms with van der Waals surface area (Å²) in [6.45, 7) is 3.15. The molecule has 0 aliphatic heterocycles. The Balaban J connectivity index is 1.52. The molecule has 0 bridgehead atoms. The fourth-order valence-corrected chi connectivity index (χ4v) is 3.29. The molecule has 0 radical (unpaired) electrons. The number of ether oxygens (including phenoxy) is 1. The summed E-state index contributed by atoms with van der Waals surface area (Å²) in [5.41, 5.74) is 4.48. The lowest BCUT2D eigenvalue weighted by atomic mass is 10.0. The van der Waals surface area contributed by atoms with Crippen molar-refractivity contribution in [2.45, 2.75) is 39.2 Å². The summed E-state index contributed by atoms with van der Waals surface area (Å²) in [5.74, 6) is -1.23. The van der Waals surface area contributed by atoms with Crippen LogP contribution in [0.2, 0.25) is 0 Å². The molecule has 5 heteroatoms. The van der Waals surface area contributed by atoms with Gasteiger partial charge < -0.3 is 10.1 Å². The predicted molar refractivity (Wildman–Crippen MR) is 102 cm³/mol. The molecule has 0 saturated heterocycles. The third-order valence-corrected chi connectivity index (χ3v) is 4.73. The monoisotopic (exact) mass is 365 g/mol. The lowest BCUT2D eigenvalue weighted by Gasteiger charge is -2.13. The van der Waals surface area contributed by atoms with Gasteiger partial charge in [0.15, 0.2) is 6.10 Å². The third-order valence-electron chi connectivity index (χ3n) is 4.73. The second-order valence-corrected chi connectivity index (χ2v) is 6.89. The van der Waals surface area contributed by atoms with Crippen molar-refractivity contribution in [1.29, 1.82) is 0 Å². The van der Waals surface area contributed by atoms with E-state index in [4.69, 9.17) is 4.74 Å². The number of amides is 1. The van der Waals surface area contributed by atoms with Crippen LogP contribution in [0, 0.1) is 6.92 Å². The summed E-state index contributed by atoms with van der Waals surface area (Å²) in [7, 11) is 0. The van der Waals surface area contributed by atoms with E-state index in [0.717, 1.165) is 24.8 Å². The van der Waals surface area contributed by atoms with Crippen LogP contribution >= 0.6 is 0 Å². The van der Waals surface area contributed by atoms with Crippen LogP contribution in [-0.4, -0.2) is 30.3 Å². The number of fused-ring (bicyclic) bond motifs is 1. The Bertz CT molecular complexity index is 888. The number of esters is 1. The van der Waals surface area contributed by atoms with Crippen LogP contribution in [0.1, 0.15) is 50.8 Å². The van der Waals surface area contributed by atoms with Crippen molar-refractivity contribution < 1.29 is 19.1 Å². The van der Waals surface area contributed by atoms with Crippen LogP contribution in [0.15, 0.2) is 42.5 Å². The van der Waals surface area contributed by atoms with E-state index in [1.54, 1.807) is 31.2 Å². The first-order chi connectivity index (χ1) is 12.9. The van der Waals surface area contributed by atoms with Gasteiger partial charge in [-0.05, 0) is 62.4 Å². The van der Waals surface area contributed by atoms with Crippen molar-refractivity contribution in [2.24, 2.45) is 0 Å². The van der Waals surface area contributed by atoms with Gasteiger partial charge >= 0.3 is 5.97 Å². The molecule has 3 rings (SSSR count). The Morgan fingerprint density at radius 3 is 2.59 bits per heavy atom. The predicted octanol–water partition coefficient (Wildman–Crippen LogP) is 3.03. The molecule has 1 amide bonds. The van der Waals surface area contributed by atoms with Crippen LogP contribution in [0.3, 0.4) is 0 Å². The Morgan fingerprint density at radius 1 is 1.04 bits per heavy atom. The van der Waals surface area contributed by atoms with Gasteiger partial charge in [0.2, 0.25) is 5.78 Å². The Kier molecular flexibility index (Phi) is 5.69. The summed E-state index contributed by atoms with van der Waals surface area (Å²) in [6, 6.07) is 12.7. The van der Waals surface area contributed by atoms with Crippen LogP contribution in [0.5, 0.6) is 0 Å². The Hall–Kier alpha value is -2.95. The van der Waals surface area contributed by atoms with Crippen molar-refractivity contribution in [1.82, 2.24) is 5.32 Å². The third kappa shape index (κ3) is 4.61. The zero-order valence-corrected chi connectivity index (χ0v) is 15.6. The van der Waals surface area contributed by atoms with E-state index in [-0.39, 0.29) is 18.2 Å². The summed E-state index contributed by atoms with van der Waals surface area (Å²) >= 11 is 0. The normalized spacial score (nSPS) is 13.6. The van der Waals surface area contributed by atoms with Crippen molar-refractivity contribution >= 4 is 17.7 Å². The van der Waals surface area contributed by atoms with E-state index in [1.165, 1.54) is 11.1 Å². The number of aryl methyl sites for hydroxylation is 3. The number of rotatable bonds is 6. The number of hydrogen-bond donors (Lipinski definition) is 1. The maximum absolute atomic E-state index is 12.5. The molecule has 0 unspecified atom stereocenters. The van der Waals surface area contributed by atoms with Crippen LogP contribution in [0.4, 0.5) is 0 Å². The summed E-state index contributed by atoms with van der Waals surface area (Å²) in [4.78, 5) is 36.6. The molecule has 5 nitrogen and oxygen atoms in total. The minimum absolute atomic E-state index is 0.233. The molecule has 0 saturated carbocycles. The number of carbonyl (C=O) groups is 3. The summed E-state index contributed by atoms with van der Waals surface area (Å²) in [6.07, 6.45) is 2.25. The van der Waals surface area contributed by atoms with Crippen LogP contribution in [-0.2, 0) is 22.4 Å². The standard InChI is InChI=1S/C22H23NO4/c1-14-5-3-8-19(11-14)22(26)23-13-20(24)27-15(2)21(25)18-10-9-16-6-4-7-17(16)12-18/h3,5,8-12,15H,4,6-7,13H2,1-2H3,(H,23,26)/t15-/m1/s1. The molecule has 2 aromatic carbocycles. The molecule has 2 aromatic rings. The second-order valence-electron chi connectivity index (χ2n) is 6.89. The molecule has 0 spiro atoms. The van der Waals surface area contributed by atoms with E-state index in [1.807, 2.05) is 25.1 Å². The van der Waals surface area contributed by atoms with Gasteiger partial charge in [-0.15, -0.1) is 0 Å². The lowest BCUT2D eigenvalue weighted by Crippen LogP contribution is -2.34. The molecular weight excluding hydrogens is 342 g/mol. The number of Topliss-reactive ketones (excluding diaryl/α,β-unsaturated/α-hetero) is 1. The van der Waals surface area contributed by atoms with Gasteiger partial charge in [0.1, 0.15) is 6.54 Å². The Labute approximate surface area is 158 Å². The molecule has 27 heavy (non-hydrogen) atoms. The van der Waals surface area contributed by atoms with E-state index in [0.29, 0.717) is 11.1 Å². The molecule has 0 fully saturated rings. The van der Waals surface area contributed by atoms with Crippen molar-refractivity contribution in [3.63, 3.8) is 0 Å². The first kappa shape index (κ1) is 18.8. The van der Waals surface area contributed by atoms with Gasteiger partial charge in [-0.2, -0.15) is 0 Å². The zero-order chi connectivity index (χ0) is 19.4. The minimum Gasteiger partial charge on any atom is -0.453 e. The van der Waals surface area contributed by atoms with Crippen molar-refractivity contribution in [2.75, 3.05) is 6.54 Å². The summed E-state index contributed by atoms with van der Waals surface area (Å²) < 4.78 is 5.19. The van der Waals surface area contributed by atoms with Gasteiger partial charge in [0.05, 0.1) is 0 Å². The first-order valence-corrected chi connectivity index (χ1v) is 9.14. The second kappa shape index (κ2) is 8.16. The Morgan fingerprint density at radius 2 is 1.81 bits per heavy atom. The van der Waals surface area contributed by atoms with E-state index in [9.17, 15) is 14.4 Å². The molecule has 140 valence electrons. The van der Waals surface area contributed by atoms with E-state index < -0.39 is 12.1 Å². The maximum Gasteiger partial charge on any atom is 0.326 e. The minimum atomic E-state index is -0.896. The van der Waals surface area contributed by atoms with Gasteiger partial charge in [-0.1, -0.05) is 29.8 Å². The highest BCUT2D eigenvalue weighted by atomic mass is 16.5. The number of ketones is 1. The fourth-order valence-electron chi connectivity index (χ4n) is 3.29. The van der Waals surface area contributed by atoms with Crippen molar-refractivity contribution in [3.05, 3.63) is 70.3 Å². The van der Waals surface area contributed by atoms with Crippen molar-refractivity contribution in [3.8, 4) is 0 Å².